The SMILES string of the molecule is CC.CCCN(C)CCC.CNc1ccccc1. The summed E-state index contributed by atoms with van der Waals surface area (Å²) in [5, 5.41) is 3.03. The van der Waals surface area contributed by atoms with Crippen LogP contribution < -0.4 is 5.32 Å². The lowest BCUT2D eigenvalue weighted by Gasteiger charge is -2.12. The van der Waals surface area contributed by atoms with Gasteiger partial charge in [-0.3, -0.25) is 0 Å². The third-order valence-electron chi connectivity index (χ3n) is 2.27. The number of nitrogens with one attached hydrogen (secondary N) is 1. The lowest BCUT2D eigenvalue weighted by Crippen LogP contribution is -2.19. The van der Waals surface area contributed by atoms with Gasteiger partial charge < -0.3 is 10.2 Å². The Labute approximate surface area is 114 Å². The van der Waals surface area contributed by atoms with Gasteiger partial charge in [0.1, 0.15) is 0 Å². The minimum absolute atomic E-state index is 1.16. The number of hydrogen-bond acceptors (Lipinski definition) is 2. The first-order valence-corrected chi connectivity index (χ1v) is 7.15. The molecule has 1 rings (SSSR count). The van der Waals surface area contributed by atoms with E-state index >= 15 is 0 Å². The molecule has 0 radical (unpaired) electrons. The van der Waals surface area contributed by atoms with Crippen molar-refractivity contribution >= 4 is 5.69 Å². The maximum absolute atomic E-state index is 3.03. The fourth-order valence-corrected chi connectivity index (χ4v) is 1.48. The molecule has 0 aliphatic carbocycles. The van der Waals surface area contributed by atoms with Crippen LogP contribution in [0.1, 0.15) is 40.5 Å². The van der Waals surface area contributed by atoms with E-state index in [-0.39, 0.29) is 0 Å². The van der Waals surface area contributed by atoms with Gasteiger partial charge in [-0.15, -0.1) is 0 Å². The molecular weight excluding hydrogens is 220 g/mol. The number of rotatable bonds is 5. The highest BCUT2D eigenvalue weighted by Gasteiger charge is 1.90. The molecule has 0 bridgehead atoms. The molecule has 0 spiro atoms. The van der Waals surface area contributed by atoms with Crippen molar-refractivity contribution in [3.8, 4) is 0 Å². The van der Waals surface area contributed by atoms with Crippen LogP contribution in [0.4, 0.5) is 5.69 Å². The van der Waals surface area contributed by atoms with Crippen molar-refractivity contribution in [2.45, 2.75) is 40.5 Å². The van der Waals surface area contributed by atoms with Gasteiger partial charge in [-0.05, 0) is 45.1 Å². The van der Waals surface area contributed by atoms with Crippen LogP contribution in [0.3, 0.4) is 0 Å². The summed E-state index contributed by atoms with van der Waals surface area (Å²) in [5.41, 5.74) is 1.16. The van der Waals surface area contributed by atoms with Crippen molar-refractivity contribution in [3.05, 3.63) is 30.3 Å². The molecule has 106 valence electrons. The summed E-state index contributed by atoms with van der Waals surface area (Å²) in [6, 6.07) is 10.1. The molecule has 0 saturated heterocycles. The summed E-state index contributed by atoms with van der Waals surface area (Å²) in [6.45, 7) is 10.9. The Hall–Kier alpha value is -1.02. The molecule has 0 aliphatic heterocycles. The van der Waals surface area contributed by atoms with E-state index in [0.717, 1.165) is 5.69 Å². The number of anilines is 1. The minimum Gasteiger partial charge on any atom is -0.388 e. The van der Waals surface area contributed by atoms with E-state index in [1.807, 2.05) is 51.2 Å². The van der Waals surface area contributed by atoms with Gasteiger partial charge in [0.15, 0.2) is 0 Å². The van der Waals surface area contributed by atoms with Crippen LogP contribution >= 0.6 is 0 Å². The largest absolute Gasteiger partial charge is 0.388 e. The van der Waals surface area contributed by atoms with Crippen LogP contribution in [0.2, 0.25) is 0 Å². The summed E-state index contributed by atoms with van der Waals surface area (Å²) in [5.74, 6) is 0. The molecule has 0 atom stereocenters. The quantitative estimate of drug-likeness (QED) is 0.830. The molecular formula is C16H32N2. The zero-order chi connectivity index (χ0) is 14.2. The first-order chi connectivity index (χ1) is 8.74. The lowest BCUT2D eigenvalue weighted by molar-refractivity contribution is 0.335. The Morgan fingerprint density at radius 2 is 1.39 bits per heavy atom. The van der Waals surface area contributed by atoms with Crippen molar-refractivity contribution in [1.29, 1.82) is 0 Å². The molecule has 0 aliphatic rings. The molecule has 1 N–H and O–H groups in total. The summed E-state index contributed by atoms with van der Waals surface area (Å²) < 4.78 is 0. The maximum atomic E-state index is 3.03. The van der Waals surface area contributed by atoms with E-state index < -0.39 is 0 Å². The van der Waals surface area contributed by atoms with E-state index in [1.165, 1.54) is 25.9 Å². The monoisotopic (exact) mass is 252 g/mol. The normalized spacial score (nSPS) is 8.83. The van der Waals surface area contributed by atoms with Crippen molar-refractivity contribution in [2.24, 2.45) is 0 Å². The Kier molecular flexibility index (Phi) is 17.2. The highest BCUT2D eigenvalue weighted by molar-refractivity contribution is 5.41. The molecule has 0 unspecified atom stereocenters. The molecule has 18 heavy (non-hydrogen) atoms. The highest BCUT2D eigenvalue weighted by Crippen LogP contribution is 2.01. The summed E-state index contributed by atoms with van der Waals surface area (Å²) in [4.78, 5) is 2.36. The second kappa shape index (κ2) is 16.0. The number of nitrogens with zero attached hydrogens (tertiary/aromatic N) is 1. The van der Waals surface area contributed by atoms with Gasteiger partial charge in [0.2, 0.25) is 0 Å². The van der Waals surface area contributed by atoms with Crippen molar-refractivity contribution < 1.29 is 0 Å². The Bertz CT molecular complexity index is 228. The van der Waals surface area contributed by atoms with Gasteiger partial charge in [0, 0.05) is 12.7 Å². The number of para-hydroxylation sites is 1. The minimum atomic E-state index is 1.16. The zero-order valence-corrected chi connectivity index (χ0v) is 13.2. The van der Waals surface area contributed by atoms with Crippen LogP contribution in [0.25, 0.3) is 0 Å². The fourth-order valence-electron chi connectivity index (χ4n) is 1.48. The van der Waals surface area contributed by atoms with Gasteiger partial charge in [0.05, 0.1) is 0 Å². The first kappa shape index (κ1) is 19.3. The summed E-state index contributed by atoms with van der Waals surface area (Å²) >= 11 is 0. The van der Waals surface area contributed by atoms with Gasteiger partial charge in [0.25, 0.3) is 0 Å². The van der Waals surface area contributed by atoms with E-state index in [0.29, 0.717) is 0 Å². The fraction of sp³-hybridized carbons (Fsp3) is 0.625. The van der Waals surface area contributed by atoms with Gasteiger partial charge in [-0.2, -0.15) is 0 Å². The highest BCUT2D eigenvalue weighted by atomic mass is 15.1. The van der Waals surface area contributed by atoms with Crippen LogP contribution in [-0.2, 0) is 0 Å². The second-order valence-corrected chi connectivity index (χ2v) is 3.92. The molecule has 0 amide bonds. The third kappa shape index (κ3) is 13.0. The molecule has 0 heterocycles. The predicted octanol–water partition coefficient (Wildman–Crippen LogP) is 4.49. The van der Waals surface area contributed by atoms with Crippen LogP contribution in [-0.4, -0.2) is 32.1 Å². The molecule has 2 heteroatoms. The van der Waals surface area contributed by atoms with Crippen LogP contribution in [0.5, 0.6) is 0 Å². The number of benzene rings is 1. The van der Waals surface area contributed by atoms with Gasteiger partial charge >= 0.3 is 0 Å². The topological polar surface area (TPSA) is 15.3 Å². The standard InChI is InChI=1S/C7H9N.C7H17N.C2H6/c1-8-7-5-3-2-4-6-7;1-4-6-8(3)7-5-2;1-2/h2-6,8H,1H3;4-7H2,1-3H3;1-2H3. The lowest BCUT2D eigenvalue weighted by atomic mass is 10.3. The smallest absolute Gasteiger partial charge is 0.0337 e. The second-order valence-electron chi connectivity index (χ2n) is 3.92. The van der Waals surface area contributed by atoms with Crippen molar-refractivity contribution in [3.63, 3.8) is 0 Å². The van der Waals surface area contributed by atoms with Gasteiger partial charge in [-0.1, -0.05) is 45.9 Å². The molecule has 0 aromatic heterocycles. The Morgan fingerprint density at radius 3 is 1.67 bits per heavy atom. The van der Waals surface area contributed by atoms with E-state index in [2.05, 4.69) is 31.1 Å². The summed E-state index contributed by atoms with van der Waals surface area (Å²) in [6.07, 6.45) is 2.55. The van der Waals surface area contributed by atoms with Crippen molar-refractivity contribution in [2.75, 3.05) is 32.5 Å². The summed E-state index contributed by atoms with van der Waals surface area (Å²) in [7, 11) is 4.09. The number of hydrogen-bond donors (Lipinski definition) is 1. The van der Waals surface area contributed by atoms with E-state index in [4.69, 9.17) is 0 Å². The van der Waals surface area contributed by atoms with Crippen LogP contribution in [0.15, 0.2) is 30.3 Å². The molecule has 0 fully saturated rings. The molecule has 1 aromatic rings. The molecule has 1 aromatic carbocycles. The average molecular weight is 252 g/mol. The van der Waals surface area contributed by atoms with E-state index in [9.17, 15) is 0 Å². The first-order valence-electron chi connectivity index (χ1n) is 7.15. The molecule has 2 nitrogen and oxygen atoms in total. The van der Waals surface area contributed by atoms with E-state index in [1.54, 1.807) is 0 Å². The average Bonchev–Trinajstić information content (AvgIpc) is 2.43. The van der Waals surface area contributed by atoms with Gasteiger partial charge in [-0.25, -0.2) is 0 Å². The maximum Gasteiger partial charge on any atom is 0.0337 e. The third-order valence-corrected chi connectivity index (χ3v) is 2.27. The van der Waals surface area contributed by atoms with Crippen LogP contribution in [0, 0.1) is 0 Å². The van der Waals surface area contributed by atoms with Crippen molar-refractivity contribution in [1.82, 2.24) is 4.90 Å². The Balaban J connectivity index is 0. The predicted molar refractivity (Wildman–Crippen MR) is 85.4 cm³/mol. The molecule has 0 saturated carbocycles. The Morgan fingerprint density at radius 1 is 0.944 bits per heavy atom. The zero-order valence-electron chi connectivity index (χ0n) is 13.2.